The van der Waals surface area contributed by atoms with Gasteiger partial charge in [0.1, 0.15) is 17.3 Å². The predicted molar refractivity (Wildman–Crippen MR) is 72.0 cm³/mol. The summed E-state index contributed by atoms with van der Waals surface area (Å²) >= 11 is 0. The number of rotatable bonds is 4. The van der Waals surface area contributed by atoms with Gasteiger partial charge in [-0.05, 0) is 25.9 Å². The molecule has 2 atom stereocenters. The molecule has 1 aliphatic rings. The molecule has 0 amide bonds. The third kappa shape index (κ3) is 2.67. The highest BCUT2D eigenvalue weighted by Gasteiger charge is 2.33. The molecule has 1 aromatic rings. The summed E-state index contributed by atoms with van der Waals surface area (Å²) in [5, 5.41) is 0. The zero-order valence-electron chi connectivity index (χ0n) is 11.6. The van der Waals surface area contributed by atoms with Gasteiger partial charge in [-0.2, -0.15) is 0 Å². The molecule has 1 saturated heterocycles. The van der Waals surface area contributed by atoms with Crippen LogP contribution < -0.4 is 15.2 Å². The Morgan fingerprint density at radius 1 is 1.37 bits per heavy atom. The lowest BCUT2D eigenvalue weighted by molar-refractivity contribution is 0.293. The van der Waals surface area contributed by atoms with Crippen LogP contribution in [0.3, 0.4) is 0 Å². The summed E-state index contributed by atoms with van der Waals surface area (Å²) < 4.78 is 24.7. The highest BCUT2D eigenvalue weighted by Crippen LogP contribution is 2.41. The molecule has 0 aromatic heterocycles. The maximum Gasteiger partial charge on any atom is 0.135 e. The quantitative estimate of drug-likeness (QED) is 0.904. The molecule has 0 bridgehead atoms. The van der Waals surface area contributed by atoms with Crippen molar-refractivity contribution < 1.29 is 13.9 Å². The maximum atomic E-state index is 14.3. The molecule has 5 heteroatoms. The number of nitrogens with zero attached hydrogens (tertiary/aromatic N) is 1. The molecule has 1 aromatic carbocycles. The van der Waals surface area contributed by atoms with Gasteiger partial charge in [-0.1, -0.05) is 0 Å². The first-order valence-electron chi connectivity index (χ1n) is 6.42. The number of ether oxygens (including phenoxy) is 2. The summed E-state index contributed by atoms with van der Waals surface area (Å²) in [7, 11) is 5.05. The number of hydrogen-bond acceptors (Lipinski definition) is 4. The van der Waals surface area contributed by atoms with Crippen molar-refractivity contribution in [3.63, 3.8) is 0 Å². The molecular formula is C14H21FN2O2. The minimum absolute atomic E-state index is 0.00871. The van der Waals surface area contributed by atoms with E-state index in [0.29, 0.717) is 29.5 Å². The Morgan fingerprint density at radius 3 is 2.63 bits per heavy atom. The molecule has 106 valence electrons. The molecule has 1 fully saturated rings. The van der Waals surface area contributed by atoms with Gasteiger partial charge in [0.15, 0.2) is 0 Å². The van der Waals surface area contributed by atoms with E-state index in [9.17, 15) is 4.39 Å². The zero-order chi connectivity index (χ0) is 14.0. The van der Waals surface area contributed by atoms with Gasteiger partial charge in [-0.25, -0.2) is 4.39 Å². The standard InChI is InChI=1S/C14H21FN2O2/c1-17-8-9(7-16)4-12(17)14-11(15)5-10(18-2)6-13(14)19-3/h5-6,9,12H,4,7-8,16H2,1-3H3. The fourth-order valence-electron chi connectivity index (χ4n) is 2.79. The van der Waals surface area contributed by atoms with Crippen molar-refractivity contribution in [2.75, 3.05) is 34.4 Å². The molecule has 4 nitrogen and oxygen atoms in total. The Morgan fingerprint density at radius 2 is 2.11 bits per heavy atom. The van der Waals surface area contributed by atoms with Crippen LogP contribution in [0.2, 0.25) is 0 Å². The first-order chi connectivity index (χ1) is 9.10. The van der Waals surface area contributed by atoms with Crippen LogP contribution in [0.1, 0.15) is 18.0 Å². The summed E-state index contributed by atoms with van der Waals surface area (Å²) in [5.74, 6) is 1.12. The number of methoxy groups -OCH3 is 2. The lowest BCUT2D eigenvalue weighted by Crippen LogP contribution is -2.21. The van der Waals surface area contributed by atoms with Gasteiger partial charge >= 0.3 is 0 Å². The van der Waals surface area contributed by atoms with Crippen LogP contribution in [0.25, 0.3) is 0 Å². The second kappa shape index (κ2) is 5.75. The number of likely N-dealkylation sites (tertiary alicyclic amines) is 1. The first-order valence-corrected chi connectivity index (χ1v) is 6.42. The van der Waals surface area contributed by atoms with E-state index in [2.05, 4.69) is 4.90 Å². The van der Waals surface area contributed by atoms with E-state index in [1.165, 1.54) is 13.2 Å². The molecule has 0 radical (unpaired) electrons. The smallest absolute Gasteiger partial charge is 0.135 e. The number of nitrogens with two attached hydrogens (primary N) is 1. The monoisotopic (exact) mass is 268 g/mol. The van der Waals surface area contributed by atoms with Gasteiger partial charge in [-0.15, -0.1) is 0 Å². The summed E-state index contributed by atoms with van der Waals surface area (Å²) in [6.07, 6.45) is 0.854. The van der Waals surface area contributed by atoms with Crippen molar-refractivity contribution in [1.29, 1.82) is 0 Å². The molecular weight excluding hydrogens is 247 g/mol. The van der Waals surface area contributed by atoms with Crippen molar-refractivity contribution in [2.24, 2.45) is 11.7 Å². The Kier molecular flexibility index (Phi) is 4.27. The van der Waals surface area contributed by atoms with Crippen molar-refractivity contribution >= 4 is 0 Å². The van der Waals surface area contributed by atoms with E-state index in [1.54, 1.807) is 13.2 Å². The number of benzene rings is 1. The third-order valence-corrected chi connectivity index (χ3v) is 3.82. The lowest BCUT2D eigenvalue weighted by atomic mass is 9.98. The van der Waals surface area contributed by atoms with Crippen LogP contribution in [-0.2, 0) is 0 Å². The molecule has 0 spiro atoms. The van der Waals surface area contributed by atoms with E-state index in [0.717, 1.165) is 13.0 Å². The summed E-state index contributed by atoms with van der Waals surface area (Å²) in [6.45, 7) is 1.51. The molecule has 1 aliphatic heterocycles. The lowest BCUT2D eigenvalue weighted by Gasteiger charge is -2.22. The molecule has 0 aliphatic carbocycles. The Hall–Kier alpha value is -1.33. The number of halogens is 1. The SMILES string of the molecule is COc1cc(F)c(C2CC(CN)CN2C)c(OC)c1. The largest absolute Gasteiger partial charge is 0.497 e. The predicted octanol–water partition coefficient (Wildman–Crippen LogP) is 1.79. The summed E-state index contributed by atoms with van der Waals surface area (Å²) in [4.78, 5) is 2.13. The van der Waals surface area contributed by atoms with Crippen molar-refractivity contribution in [1.82, 2.24) is 4.90 Å². The van der Waals surface area contributed by atoms with E-state index in [4.69, 9.17) is 15.2 Å². The Balaban J connectivity index is 2.39. The van der Waals surface area contributed by atoms with Crippen LogP contribution in [0.4, 0.5) is 4.39 Å². The summed E-state index contributed by atoms with van der Waals surface area (Å²) in [6, 6.07) is 3.14. The van der Waals surface area contributed by atoms with Crippen molar-refractivity contribution in [3.8, 4) is 11.5 Å². The fourth-order valence-corrected chi connectivity index (χ4v) is 2.79. The van der Waals surface area contributed by atoms with Gasteiger partial charge < -0.3 is 15.2 Å². The van der Waals surface area contributed by atoms with E-state index in [1.807, 2.05) is 7.05 Å². The Labute approximate surface area is 113 Å². The third-order valence-electron chi connectivity index (χ3n) is 3.82. The zero-order valence-corrected chi connectivity index (χ0v) is 11.6. The van der Waals surface area contributed by atoms with E-state index < -0.39 is 0 Å². The molecule has 0 saturated carbocycles. The highest BCUT2D eigenvalue weighted by atomic mass is 19.1. The Bertz CT molecular complexity index is 453. The second-order valence-electron chi connectivity index (χ2n) is 5.02. The minimum atomic E-state index is -0.286. The normalized spacial score (nSPS) is 23.6. The van der Waals surface area contributed by atoms with Crippen LogP contribution in [-0.4, -0.2) is 39.3 Å². The van der Waals surface area contributed by atoms with E-state index in [-0.39, 0.29) is 11.9 Å². The average molecular weight is 268 g/mol. The highest BCUT2D eigenvalue weighted by molar-refractivity contribution is 5.44. The maximum absolute atomic E-state index is 14.3. The molecule has 2 rings (SSSR count). The van der Waals surface area contributed by atoms with Crippen LogP contribution >= 0.6 is 0 Å². The molecule has 19 heavy (non-hydrogen) atoms. The number of hydrogen-bond donors (Lipinski definition) is 1. The van der Waals surface area contributed by atoms with E-state index >= 15 is 0 Å². The van der Waals surface area contributed by atoms with Crippen LogP contribution in [0, 0.1) is 11.7 Å². The van der Waals surface area contributed by atoms with Gasteiger partial charge in [0, 0.05) is 30.3 Å². The minimum Gasteiger partial charge on any atom is -0.497 e. The van der Waals surface area contributed by atoms with Gasteiger partial charge in [-0.3, -0.25) is 4.90 Å². The molecule has 2 N–H and O–H groups in total. The second-order valence-corrected chi connectivity index (χ2v) is 5.02. The van der Waals surface area contributed by atoms with Gasteiger partial charge in [0.05, 0.1) is 14.2 Å². The van der Waals surface area contributed by atoms with Crippen molar-refractivity contribution in [3.05, 3.63) is 23.5 Å². The van der Waals surface area contributed by atoms with Gasteiger partial charge in [0.25, 0.3) is 0 Å². The summed E-state index contributed by atoms with van der Waals surface area (Å²) in [5.41, 5.74) is 6.32. The first kappa shape index (κ1) is 14.1. The van der Waals surface area contributed by atoms with Crippen LogP contribution in [0.15, 0.2) is 12.1 Å². The topological polar surface area (TPSA) is 47.7 Å². The van der Waals surface area contributed by atoms with Crippen molar-refractivity contribution in [2.45, 2.75) is 12.5 Å². The average Bonchev–Trinajstić information content (AvgIpc) is 2.78. The molecule has 1 heterocycles. The molecule has 2 unspecified atom stereocenters. The van der Waals surface area contributed by atoms with Gasteiger partial charge in [0.2, 0.25) is 0 Å². The van der Waals surface area contributed by atoms with Crippen LogP contribution in [0.5, 0.6) is 11.5 Å². The fraction of sp³-hybridized carbons (Fsp3) is 0.571.